The number of rotatable bonds is 12. The minimum absolute atomic E-state index is 0.376. The highest BCUT2D eigenvalue weighted by molar-refractivity contribution is 5.88. The average Bonchev–Trinajstić information content (AvgIpc) is 2.72. The molecule has 150 valence electrons. The lowest BCUT2D eigenvalue weighted by Gasteiger charge is -2.06. The van der Waals surface area contributed by atoms with E-state index in [1.165, 1.54) is 43.7 Å². The largest absolute Gasteiger partial charge is 0.494 e. The first-order valence-electron chi connectivity index (χ1n) is 10.4. The summed E-state index contributed by atoms with van der Waals surface area (Å²) >= 11 is 0. The van der Waals surface area contributed by atoms with E-state index in [1.807, 2.05) is 48.5 Å². The van der Waals surface area contributed by atoms with Gasteiger partial charge in [-0.05, 0) is 60.7 Å². The molecule has 0 radical (unpaired) electrons. The van der Waals surface area contributed by atoms with Crippen LogP contribution in [-0.4, -0.2) is 12.6 Å². The summed E-state index contributed by atoms with van der Waals surface area (Å²) in [6.07, 6.45) is 11.4. The Bertz CT molecular complexity index is 714. The van der Waals surface area contributed by atoms with Crippen molar-refractivity contribution in [3.8, 4) is 11.5 Å². The summed E-state index contributed by atoms with van der Waals surface area (Å²) in [7, 11) is 0. The van der Waals surface area contributed by atoms with Gasteiger partial charge in [-0.15, -0.1) is 0 Å². The first-order valence-corrected chi connectivity index (χ1v) is 10.4. The van der Waals surface area contributed by atoms with Gasteiger partial charge in [-0.3, -0.25) is 0 Å². The van der Waals surface area contributed by atoms with E-state index in [9.17, 15) is 4.79 Å². The maximum absolute atomic E-state index is 12.0. The fourth-order valence-corrected chi connectivity index (χ4v) is 2.83. The van der Waals surface area contributed by atoms with Crippen LogP contribution in [0.4, 0.5) is 0 Å². The summed E-state index contributed by atoms with van der Waals surface area (Å²) in [6, 6.07) is 15.5. The quantitative estimate of drug-likeness (QED) is 0.180. The summed E-state index contributed by atoms with van der Waals surface area (Å²) in [5.74, 6) is 1.05. The van der Waals surface area contributed by atoms with Crippen LogP contribution in [0.2, 0.25) is 0 Å². The molecule has 0 fully saturated rings. The molecule has 2 rings (SSSR count). The molecule has 0 atom stereocenters. The molecule has 0 unspecified atom stereocenters. The van der Waals surface area contributed by atoms with Crippen LogP contribution in [0.3, 0.4) is 0 Å². The van der Waals surface area contributed by atoms with Crippen LogP contribution in [0.5, 0.6) is 11.5 Å². The highest BCUT2D eigenvalue weighted by Crippen LogP contribution is 2.16. The fourth-order valence-electron chi connectivity index (χ4n) is 2.83. The van der Waals surface area contributed by atoms with Gasteiger partial charge in [0, 0.05) is 6.08 Å². The van der Waals surface area contributed by atoms with Crippen LogP contribution < -0.4 is 9.47 Å². The van der Waals surface area contributed by atoms with Crippen molar-refractivity contribution in [2.75, 3.05) is 6.61 Å². The lowest BCUT2D eigenvalue weighted by molar-refractivity contribution is -0.128. The van der Waals surface area contributed by atoms with E-state index in [2.05, 4.69) is 13.8 Å². The van der Waals surface area contributed by atoms with Gasteiger partial charge in [0.05, 0.1) is 6.61 Å². The Hall–Kier alpha value is -2.55. The molecule has 0 saturated carbocycles. The third-order valence-corrected chi connectivity index (χ3v) is 4.52. The van der Waals surface area contributed by atoms with Gasteiger partial charge in [-0.1, -0.05) is 63.8 Å². The van der Waals surface area contributed by atoms with Gasteiger partial charge < -0.3 is 9.47 Å². The van der Waals surface area contributed by atoms with E-state index >= 15 is 0 Å². The number of unbranched alkanes of at least 4 members (excludes halogenated alkanes) is 4. The number of benzene rings is 2. The molecule has 0 heterocycles. The van der Waals surface area contributed by atoms with E-state index in [-0.39, 0.29) is 5.97 Å². The standard InChI is InChI=1S/C25H32O3/c1-3-5-7-9-21-12-17-24(18-13-21)28-25(26)19-14-22-10-15-23(16-11-22)27-20-8-6-4-2/h10-19H,3-9,20H2,1-2H3. The second kappa shape index (κ2) is 12.8. The summed E-state index contributed by atoms with van der Waals surface area (Å²) in [5, 5.41) is 0. The first kappa shape index (κ1) is 21.7. The van der Waals surface area contributed by atoms with Crippen LogP contribution in [0.15, 0.2) is 54.6 Å². The van der Waals surface area contributed by atoms with Crippen LogP contribution >= 0.6 is 0 Å². The summed E-state index contributed by atoms with van der Waals surface area (Å²) in [4.78, 5) is 12.0. The maximum atomic E-state index is 12.0. The second-order valence-electron chi connectivity index (χ2n) is 6.98. The fraction of sp³-hybridized carbons (Fsp3) is 0.400. The van der Waals surface area contributed by atoms with Crippen molar-refractivity contribution in [3.63, 3.8) is 0 Å². The Kier molecular flexibility index (Phi) is 9.92. The molecular weight excluding hydrogens is 348 g/mol. The van der Waals surface area contributed by atoms with Crippen LogP contribution in [0.25, 0.3) is 6.08 Å². The Morgan fingerprint density at radius 2 is 1.46 bits per heavy atom. The summed E-state index contributed by atoms with van der Waals surface area (Å²) in [6.45, 7) is 5.12. The molecule has 0 aliphatic rings. The number of carbonyl (C=O) groups is 1. The molecular formula is C25H32O3. The van der Waals surface area contributed by atoms with E-state index in [4.69, 9.17) is 9.47 Å². The third kappa shape index (κ3) is 8.43. The number of aryl methyl sites for hydroxylation is 1. The van der Waals surface area contributed by atoms with Crippen LogP contribution in [0, 0.1) is 0 Å². The highest BCUT2D eigenvalue weighted by atomic mass is 16.5. The van der Waals surface area contributed by atoms with Crippen molar-refractivity contribution in [2.45, 2.75) is 58.8 Å². The second-order valence-corrected chi connectivity index (χ2v) is 6.98. The lowest BCUT2D eigenvalue weighted by Crippen LogP contribution is -2.03. The average molecular weight is 381 g/mol. The minimum Gasteiger partial charge on any atom is -0.494 e. The van der Waals surface area contributed by atoms with E-state index in [0.717, 1.165) is 30.8 Å². The smallest absolute Gasteiger partial charge is 0.336 e. The Morgan fingerprint density at radius 3 is 2.14 bits per heavy atom. The molecule has 0 spiro atoms. The Balaban J connectivity index is 1.78. The number of ether oxygens (including phenoxy) is 2. The molecule has 28 heavy (non-hydrogen) atoms. The summed E-state index contributed by atoms with van der Waals surface area (Å²) < 4.78 is 11.1. The van der Waals surface area contributed by atoms with E-state index in [0.29, 0.717) is 5.75 Å². The van der Waals surface area contributed by atoms with E-state index in [1.54, 1.807) is 6.08 Å². The van der Waals surface area contributed by atoms with Crippen molar-refractivity contribution in [2.24, 2.45) is 0 Å². The molecule has 0 aliphatic heterocycles. The minimum atomic E-state index is -0.376. The first-order chi connectivity index (χ1) is 13.7. The van der Waals surface area contributed by atoms with Crippen molar-refractivity contribution in [1.82, 2.24) is 0 Å². The van der Waals surface area contributed by atoms with Crippen molar-refractivity contribution in [1.29, 1.82) is 0 Å². The zero-order valence-corrected chi connectivity index (χ0v) is 17.2. The van der Waals surface area contributed by atoms with E-state index < -0.39 is 0 Å². The predicted molar refractivity (Wildman–Crippen MR) is 116 cm³/mol. The van der Waals surface area contributed by atoms with Crippen molar-refractivity contribution in [3.05, 3.63) is 65.7 Å². The van der Waals surface area contributed by atoms with Gasteiger partial charge in [-0.25, -0.2) is 4.79 Å². The monoisotopic (exact) mass is 380 g/mol. The topological polar surface area (TPSA) is 35.5 Å². The van der Waals surface area contributed by atoms with Gasteiger partial charge in [0.2, 0.25) is 0 Å². The molecule has 2 aromatic rings. The highest BCUT2D eigenvalue weighted by Gasteiger charge is 2.01. The molecule has 3 nitrogen and oxygen atoms in total. The predicted octanol–water partition coefficient (Wildman–Crippen LogP) is 6.61. The molecule has 0 aliphatic carbocycles. The number of hydrogen-bond acceptors (Lipinski definition) is 3. The van der Waals surface area contributed by atoms with Crippen molar-refractivity contribution < 1.29 is 14.3 Å². The summed E-state index contributed by atoms with van der Waals surface area (Å²) in [5.41, 5.74) is 2.21. The molecule has 0 amide bonds. The van der Waals surface area contributed by atoms with Crippen LogP contribution in [-0.2, 0) is 11.2 Å². The molecule has 0 saturated heterocycles. The van der Waals surface area contributed by atoms with Gasteiger partial charge in [0.15, 0.2) is 0 Å². The number of hydrogen-bond donors (Lipinski definition) is 0. The SMILES string of the molecule is CCCCCOc1ccc(C=CC(=O)Oc2ccc(CCCCC)cc2)cc1. The normalized spacial score (nSPS) is 10.9. The van der Waals surface area contributed by atoms with Gasteiger partial charge >= 0.3 is 5.97 Å². The van der Waals surface area contributed by atoms with Gasteiger partial charge in [0.25, 0.3) is 0 Å². The van der Waals surface area contributed by atoms with Gasteiger partial charge in [0.1, 0.15) is 11.5 Å². The zero-order valence-electron chi connectivity index (χ0n) is 17.2. The molecule has 3 heteroatoms. The lowest BCUT2D eigenvalue weighted by atomic mass is 10.1. The number of esters is 1. The number of carbonyl (C=O) groups excluding carboxylic acids is 1. The molecule has 0 aromatic heterocycles. The molecule has 0 N–H and O–H groups in total. The van der Waals surface area contributed by atoms with Crippen LogP contribution in [0.1, 0.15) is 63.5 Å². The molecule has 0 bridgehead atoms. The Labute approximate surface area is 169 Å². The maximum Gasteiger partial charge on any atom is 0.336 e. The zero-order chi connectivity index (χ0) is 20.0. The third-order valence-electron chi connectivity index (χ3n) is 4.52. The Morgan fingerprint density at radius 1 is 0.821 bits per heavy atom. The molecule has 2 aromatic carbocycles. The van der Waals surface area contributed by atoms with Gasteiger partial charge in [-0.2, -0.15) is 0 Å². The van der Waals surface area contributed by atoms with Crippen molar-refractivity contribution >= 4 is 12.0 Å².